The molecule has 0 radical (unpaired) electrons. The minimum atomic E-state index is 0.255. The predicted octanol–water partition coefficient (Wildman–Crippen LogP) is 6.96. The van der Waals surface area contributed by atoms with Gasteiger partial charge in [-0.3, -0.25) is 9.80 Å². The quantitative estimate of drug-likeness (QED) is 0.340. The Hall–Kier alpha value is -2.16. The zero-order valence-electron chi connectivity index (χ0n) is 28.1. The van der Waals surface area contributed by atoms with Crippen LogP contribution >= 0.6 is 0 Å². The molecular formula is C36H58N2O5. The lowest BCUT2D eigenvalue weighted by Gasteiger charge is -2.25. The SMILES string of the molecule is CC(C)c1cc(CN2CCOCCOCCN(Cc3cc(C(C)C)c(O)c(C(C)C)c3)CCOCC2)cc(C(C)C)c1O. The maximum atomic E-state index is 10.9. The van der Waals surface area contributed by atoms with Gasteiger partial charge in [-0.05, 0) is 57.1 Å². The van der Waals surface area contributed by atoms with Gasteiger partial charge in [-0.15, -0.1) is 0 Å². The summed E-state index contributed by atoms with van der Waals surface area (Å²) in [6, 6.07) is 8.64. The molecule has 0 amide bonds. The second-order valence-corrected chi connectivity index (χ2v) is 13.3. The number of phenols is 2. The number of nitrogens with zero attached hydrogens (tertiary/aromatic N) is 2. The summed E-state index contributed by atoms with van der Waals surface area (Å²) in [5, 5.41) is 21.7. The molecule has 1 saturated heterocycles. The molecule has 1 aliphatic rings. The number of ether oxygens (including phenoxy) is 3. The first-order valence-electron chi connectivity index (χ1n) is 16.4. The highest BCUT2D eigenvalue weighted by Crippen LogP contribution is 2.36. The zero-order chi connectivity index (χ0) is 31.5. The summed E-state index contributed by atoms with van der Waals surface area (Å²) in [7, 11) is 0. The van der Waals surface area contributed by atoms with Gasteiger partial charge in [0.25, 0.3) is 0 Å². The Morgan fingerprint density at radius 3 is 1.00 bits per heavy atom. The van der Waals surface area contributed by atoms with Crippen molar-refractivity contribution in [2.75, 3.05) is 65.8 Å². The molecule has 1 fully saturated rings. The Kier molecular flexibility index (Phi) is 14.3. The maximum absolute atomic E-state index is 10.9. The van der Waals surface area contributed by atoms with Crippen LogP contribution in [0.4, 0.5) is 0 Å². The molecule has 0 spiro atoms. The lowest BCUT2D eigenvalue weighted by molar-refractivity contribution is 0.0311. The topological polar surface area (TPSA) is 74.6 Å². The van der Waals surface area contributed by atoms with Gasteiger partial charge in [0.2, 0.25) is 0 Å². The van der Waals surface area contributed by atoms with Crippen LogP contribution in [0.3, 0.4) is 0 Å². The van der Waals surface area contributed by atoms with Gasteiger partial charge in [0.15, 0.2) is 0 Å². The molecule has 2 aromatic carbocycles. The molecule has 0 bridgehead atoms. The van der Waals surface area contributed by atoms with Crippen molar-refractivity contribution in [3.63, 3.8) is 0 Å². The van der Waals surface area contributed by atoms with Crippen molar-refractivity contribution in [1.29, 1.82) is 0 Å². The highest BCUT2D eigenvalue weighted by molar-refractivity contribution is 5.47. The van der Waals surface area contributed by atoms with Gasteiger partial charge < -0.3 is 24.4 Å². The van der Waals surface area contributed by atoms with Crippen LogP contribution in [0.1, 0.15) is 112 Å². The first-order chi connectivity index (χ1) is 20.5. The summed E-state index contributed by atoms with van der Waals surface area (Å²) in [6.45, 7) is 25.6. The fraction of sp³-hybridized carbons (Fsp3) is 0.667. The Morgan fingerprint density at radius 1 is 0.488 bits per heavy atom. The molecule has 0 saturated carbocycles. The standard InChI is InChI=1S/C36H58N2O5/c1-25(2)31-19-29(20-32(26(3)4)35(31)39)23-37-9-13-41-14-10-38(12-16-43-18-17-42-15-11-37)24-30-21-33(27(5)6)36(40)34(22-30)28(7)8/h19-22,25-28,39-40H,9-18,23-24H2,1-8H3. The molecule has 0 aromatic heterocycles. The minimum Gasteiger partial charge on any atom is -0.507 e. The van der Waals surface area contributed by atoms with Crippen molar-refractivity contribution >= 4 is 0 Å². The average molecular weight is 599 g/mol. The van der Waals surface area contributed by atoms with Crippen LogP contribution in [-0.2, 0) is 27.3 Å². The molecule has 0 atom stereocenters. The molecule has 242 valence electrons. The summed E-state index contributed by atoms with van der Waals surface area (Å²) in [4.78, 5) is 4.77. The summed E-state index contributed by atoms with van der Waals surface area (Å²) in [5.74, 6) is 1.90. The highest BCUT2D eigenvalue weighted by atomic mass is 16.5. The third-order valence-electron chi connectivity index (χ3n) is 8.34. The van der Waals surface area contributed by atoms with Crippen molar-refractivity contribution in [1.82, 2.24) is 9.80 Å². The summed E-state index contributed by atoms with van der Waals surface area (Å²) >= 11 is 0. The number of rotatable bonds is 8. The minimum absolute atomic E-state index is 0.255. The Balaban J connectivity index is 1.68. The van der Waals surface area contributed by atoms with Gasteiger partial charge >= 0.3 is 0 Å². The van der Waals surface area contributed by atoms with Gasteiger partial charge in [0.1, 0.15) is 11.5 Å². The van der Waals surface area contributed by atoms with Crippen LogP contribution < -0.4 is 0 Å². The van der Waals surface area contributed by atoms with E-state index in [2.05, 4.69) is 89.5 Å². The maximum Gasteiger partial charge on any atom is 0.122 e. The van der Waals surface area contributed by atoms with Crippen LogP contribution in [0.15, 0.2) is 24.3 Å². The van der Waals surface area contributed by atoms with E-state index in [1.54, 1.807) is 0 Å². The van der Waals surface area contributed by atoms with Crippen molar-refractivity contribution in [3.05, 3.63) is 57.6 Å². The van der Waals surface area contributed by atoms with Crippen molar-refractivity contribution in [2.24, 2.45) is 0 Å². The fourth-order valence-corrected chi connectivity index (χ4v) is 5.69. The molecule has 7 nitrogen and oxygen atoms in total. The monoisotopic (exact) mass is 598 g/mol. The van der Waals surface area contributed by atoms with Crippen LogP contribution in [0, 0.1) is 0 Å². The van der Waals surface area contributed by atoms with E-state index in [1.165, 1.54) is 11.1 Å². The van der Waals surface area contributed by atoms with Gasteiger partial charge in [-0.1, -0.05) is 79.7 Å². The number of benzene rings is 2. The van der Waals surface area contributed by atoms with E-state index in [-0.39, 0.29) is 23.7 Å². The summed E-state index contributed by atoms with van der Waals surface area (Å²) in [6.07, 6.45) is 0. The molecule has 43 heavy (non-hydrogen) atoms. The molecule has 3 rings (SSSR count). The Morgan fingerprint density at radius 2 is 0.744 bits per heavy atom. The Bertz CT molecular complexity index is 985. The van der Waals surface area contributed by atoms with Gasteiger partial charge in [0, 0.05) is 39.3 Å². The fourth-order valence-electron chi connectivity index (χ4n) is 5.69. The van der Waals surface area contributed by atoms with Crippen molar-refractivity contribution < 1.29 is 24.4 Å². The molecule has 0 unspecified atom stereocenters. The zero-order valence-corrected chi connectivity index (χ0v) is 28.1. The number of hydrogen-bond donors (Lipinski definition) is 2. The van der Waals surface area contributed by atoms with E-state index < -0.39 is 0 Å². The normalized spacial score (nSPS) is 17.6. The average Bonchev–Trinajstić information content (AvgIpc) is 2.95. The Labute approximate surface area is 261 Å². The van der Waals surface area contributed by atoms with E-state index in [0.717, 1.165) is 61.5 Å². The number of hydrogen-bond acceptors (Lipinski definition) is 7. The largest absolute Gasteiger partial charge is 0.507 e. The predicted molar refractivity (Wildman–Crippen MR) is 176 cm³/mol. The molecule has 2 N–H and O–H groups in total. The van der Waals surface area contributed by atoms with Crippen LogP contribution in [-0.4, -0.2) is 85.8 Å². The third kappa shape index (κ3) is 10.8. The summed E-state index contributed by atoms with van der Waals surface area (Å²) < 4.78 is 18.1. The first kappa shape index (κ1) is 35.3. The molecule has 0 aliphatic carbocycles. The lowest BCUT2D eigenvalue weighted by atomic mass is 9.91. The van der Waals surface area contributed by atoms with Crippen LogP contribution in [0.2, 0.25) is 0 Å². The van der Waals surface area contributed by atoms with E-state index in [0.29, 0.717) is 51.1 Å². The van der Waals surface area contributed by atoms with E-state index in [4.69, 9.17) is 14.2 Å². The van der Waals surface area contributed by atoms with Crippen LogP contribution in [0.5, 0.6) is 11.5 Å². The van der Waals surface area contributed by atoms with E-state index in [9.17, 15) is 10.2 Å². The van der Waals surface area contributed by atoms with Gasteiger partial charge in [-0.25, -0.2) is 0 Å². The highest BCUT2D eigenvalue weighted by Gasteiger charge is 2.19. The van der Waals surface area contributed by atoms with Gasteiger partial charge in [-0.2, -0.15) is 0 Å². The number of aromatic hydroxyl groups is 2. The number of phenolic OH excluding ortho intramolecular Hbond substituents is 2. The molecule has 7 heteroatoms. The van der Waals surface area contributed by atoms with Crippen molar-refractivity contribution in [2.45, 2.75) is 92.2 Å². The third-order valence-corrected chi connectivity index (χ3v) is 8.34. The second kappa shape index (κ2) is 17.4. The smallest absolute Gasteiger partial charge is 0.122 e. The lowest BCUT2D eigenvalue weighted by Crippen LogP contribution is -2.33. The van der Waals surface area contributed by atoms with Crippen LogP contribution in [0.25, 0.3) is 0 Å². The van der Waals surface area contributed by atoms with Crippen molar-refractivity contribution in [3.8, 4) is 11.5 Å². The molecule has 2 aromatic rings. The van der Waals surface area contributed by atoms with Gasteiger partial charge in [0.05, 0.1) is 39.6 Å². The first-order valence-corrected chi connectivity index (χ1v) is 16.4. The van der Waals surface area contributed by atoms with E-state index >= 15 is 0 Å². The molecular weight excluding hydrogens is 540 g/mol. The molecule has 1 heterocycles. The van der Waals surface area contributed by atoms with E-state index in [1.807, 2.05) is 0 Å². The second-order valence-electron chi connectivity index (χ2n) is 13.3. The molecule has 1 aliphatic heterocycles. The summed E-state index contributed by atoms with van der Waals surface area (Å²) in [5.41, 5.74) is 6.48.